The Hall–Kier alpha value is -3.10. The van der Waals surface area contributed by atoms with Crippen molar-refractivity contribution in [1.82, 2.24) is 19.5 Å². The fourth-order valence-electron chi connectivity index (χ4n) is 2.80. The van der Waals surface area contributed by atoms with Gasteiger partial charge in [0.25, 0.3) is 0 Å². The Morgan fingerprint density at radius 2 is 2.12 bits per heavy atom. The minimum atomic E-state index is -0.399. The SMILES string of the molecule is Nc1nc2nc3c1nc([OH2+])n3Cc1ccc(F)c(c1)OCCCCN2. The van der Waals surface area contributed by atoms with Crippen LogP contribution in [-0.4, -0.2) is 37.8 Å². The smallest absolute Gasteiger partial charge is 0.450 e. The van der Waals surface area contributed by atoms with E-state index in [-0.39, 0.29) is 17.6 Å². The summed E-state index contributed by atoms with van der Waals surface area (Å²) >= 11 is 0. The van der Waals surface area contributed by atoms with Gasteiger partial charge in [0.2, 0.25) is 5.95 Å². The van der Waals surface area contributed by atoms with E-state index in [9.17, 15) is 4.39 Å². The van der Waals surface area contributed by atoms with Crippen molar-refractivity contribution in [3.8, 4) is 11.8 Å². The van der Waals surface area contributed by atoms with Crippen LogP contribution in [0.1, 0.15) is 18.4 Å². The number of fused-ring (bicyclic) bond motifs is 3. The van der Waals surface area contributed by atoms with Crippen LogP contribution in [0.4, 0.5) is 16.2 Å². The molecule has 0 fully saturated rings. The number of hydrogen-bond acceptors (Lipinski definition) is 6. The number of ether oxygens (including phenoxy) is 1. The number of anilines is 2. The molecule has 0 spiro atoms. The van der Waals surface area contributed by atoms with E-state index in [0.717, 1.165) is 18.4 Å². The molecule has 0 saturated heterocycles. The molecule has 1 aliphatic rings. The van der Waals surface area contributed by atoms with Crippen LogP contribution in [0.5, 0.6) is 11.8 Å². The van der Waals surface area contributed by atoms with E-state index >= 15 is 0 Å². The standard InChI is InChI=1S/C16H17FN6O2/c17-10-4-3-9-7-11(10)25-6-2-1-5-19-15-21-13(18)12-14(22-15)23(8-9)16(24)20-12/h3-4,7H,1-2,5-6,8H2,(H,20,24)(H3,18,19,21,22)/p+1. The lowest BCUT2D eigenvalue weighted by atomic mass is 10.2. The van der Waals surface area contributed by atoms with E-state index in [1.807, 2.05) is 0 Å². The lowest BCUT2D eigenvalue weighted by Gasteiger charge is -2.12. The van der Waals surface area contributed by atoms with Gasteiger partial charge in [-0.05, 0) is 30.5 Å². The largest absolute Gasteiger partial charge is 0.564 e. The number of aromatic nitrogens is 4. The van der Waals surface area contributed by atoms with Gasteiger partial charge in [0.1, 0.15) is 0 Å². The van der Waals surface area contributed by atoms with E-state index in [1.54, 1.807) is 16.7 Å². The summed E-state index contributed by atoms with van der Waals surface area (Å²) < 4.78 is 21.1. The van der Waals surface area contributed by atoms with Crippen molar-refractivity contribution in [3.63, 3.8) is 0 Å². The summed E-state index contributed by atoms with van der Waals surface area (Å²) in [6.07, 6.45) is 1.58. The Kier molecular flexibility index (Phi) is 3.75. The van der Waals surface area contributed by atoms with E-state index in [2.05, 4.69) is 20.3 Å². The fraction of sp³-hybridized carbons (Fsp3) is 0.312. The summed E-state index contributed by atoms with van der Waals surface area (Å²) in [6, 6.07) is 4.70. The van der Waals surface area contributed by atoms with Gasteiger partial charge in [-0.3, -0.25) is 0 Å². The van der Waals surface area contributed by atoms with Crippen LogP contribution in [0.15, 0.2) is 18.2 Å². The molecule has 0 amide bonds. The number of benzene rings is 1. The number of halogens is 1. The monoisotopic (exact) mass is 345 g/mol. The van der Waals surface area contributed by atoms with Crippen LogP contribution in [-0.2, 0) is 6.54 Å². The number of imidazole rings is 1. The molecule has 1 aliphatic heterocycles. The number of nitrogens with one attached hydrogen (secondary N) is 1. The molecule has 2 aromatic heterocycles. The van der Waals surface area contributed by atoms with Crippen molar-refractivity contribution >= 4 is 22.9 Å². The van der Waals surface area contributed by atoms with Crippen molar-refractivity contribution in [2.45, 2.75) is 19.4 Å². The minimum absolute atomic E-state index is 0.0204. The molecule has 130 valence electrons. The van der Waals surface area contributed by atoms with Gasteiger partial charge in [-0.15, -0.1) is 4.98 Å². The Morgan fingerprint density at radius 3 is 3.00 bits per heavy atom. The van der Waals surface area contributed by atoms with Gasteiger partial charge < -0.3 is 20.9 Å². The third-order valence-electron chi connectivity index (χ3n) is 4.07. The van der Waals surface area contributed by atoms with E-state index in [4.69, 9.17) is 15.6 Å². The first kappa shape index (κ1) is 15.4. The molecule has 0 atom stereocenters. The lowest BCUT2D eigenvalue weighted by molar-refractivity contribution is 0.293. The Morgan fingerprint density at radius 1 is 1.24 bits per heavy atom. The van der Waals surface area contributed by atoms with Gasteiger partial charge in [-0.25, -0.2) is 8.96 Å². The molecule has 5 N–H and O–H groups in total. The first-order chi connectivity index (χ1) is 12.1. The molecule has 0 radical (unpaired) electrons. The van der Waals surface area contributed by atoms with Gasteiger partial charge in [0.15, 0.2) is 28.5 Å². The maximum absolute atomic E-state index is 13.9. The summed E-state index contributed by atoms with van der Waals surface area (Å²) in [4.78, 5) is 12.8. The molecular formula is C16H18FN6O2+. The third kappa shape index (κ3) is 2.88. The van der Waals surface area contributed by atoms with Crippen molar-refractivity contribution in [2.24, 2.45) is 0 Å². The quantitative estimate of drug-likeness (QED) is 0.599. The summed E-state index contributed by atoms with van der Waals surface area (Å²) in [5.41, 5.74) is 7.62. The van der Waals surface area contributed by atoms with E-state index in [0.29, 0.717) is 36.8 Å². The molecule has 9 heteroatoms. The van der Waals surface area contributed by atoms with Gasteiger partial charge in [-0.2, -0.15) is 9.97 Å². The zero-order chi connectivity index (χ0) is 17.4. The average Bonchev–Trinajstić information content (AvgIpc) is 2.90. The molecule has 0 unspecified atom stereocenters. The van der Waals surface area contributed by atoms with Crippen LogP contribution >= 0.6 is 0 Å². The highest BCUT2D eigenvalue weighted by Gasteiger charge is 2.20. The fourth-order valence-corrected chi connectivity index (χ4v) is 2.80. The number of nitrogen functional groups attached to an aromatic ring is 1. The van der Waals surface area contributed by atoms with Crippen LogP contribution in [0.2, 0.25) is 0 Å². The Labute approximate surface area is 142 Å². The van der Waals surface area contributed by atoms with Gasteiger partial charge in [0.05, 0.1) is 13.2 Å². The van der Waals surface area contributed by atoms with Gasteiger partial charge in [0, 0.05) is 6.54 Å². The van der Waals surface area contributed by atoms with Crippen molar-refractivity contribution in [1.29, 1.82) is 0 Å². The molecule has 25 heavy (non-hydrogen) atoms. The highest BCUT2D eigenvalue weighted by molar-refractivity contribution is 5.84. The first-order valence-electron chi connectivity index (χ1n) is 8.02. The maximum Gasteiger partial charge on any atom is 0.450 e. The Bertz CT molecular complexity index is 942. The summed E-state index contributed by atoms with van der Waals surface area (Å²) in [5.74, 6) is 0.455. The van der Waals surface area contributed by atoms with Crippen LogP contribution in [0, 0.1) is 5.82 Å². The van der Waals surface area contributed by atoms with Crippen molar-refractivity contribution < 1.29 is 14.2 Å². The van der Waals surface area contributed by atoms with E-state index in [1.165, 1.54) is 6.07 Å². The van der Waals surface area contributed by atoms with Crippen LogP contribution < -0.4 is 15.8 Å². The lowest BCUT2D eigenvalue weighted by Crippen LogP contribution is -2.11. The molecular weight excluding hydrogens is 327 g/mol. The first-order valence-corrected chi connectivity index (χ1v) is 8.02. The number of nitrogens with two attached hydrogens (primary N) is 1. The molecule has 3 heterocycles. The topological polar surface area (TPSA) is 114 Å². The molecule has 4 bridgehead atoms. The molecule has 1 aromatic carbocycles. The van der Waals surface area contributed by atoms with Gasteiger partial charge in [-0.1, -0.05) is 6.07 Å². The second kappa shape index (κ2) is 6.08. The summed E-state index contributed by atoms with van der Waals surface area (Å²) in [7, 11) is 0. The summed E-state index contributed by atoms with van der Waals surface area (Å²) in [5, 5.41) is 11.2. The van der Waals surface area contributed by atoms with Crippen LogP contribution in [0.3, 0.4) is 0 Å². The highest BCUT2D eigenvalue weighted by Crippen LogP contribution is 2.27. The third-order valence-corrected chi connectivity index (χ3v) is 4.07. The molecule has 8 nitrogen and oxygen atoms in total. The van der Waals surface area contributed by atoms with Crippen molar-refractivity contribution in [3.05, 3.63) is 29.6 Å². The predicted octanol–water partition coefficient (Wildman–Crippen LogP) is 1.62. The zero-order valence-electron chi connectivity index (χ0n) is 13.4. The minimum Gasteiger partial charge on any atom is -0.564 e. The van der Waals surface area contributed by atoms with Crippen LogP contribution in [0.25, 0.3) is 11.2 Å². The normalized spacial score (nSPS) is 14.8. The molecule has 4 rings (SSSR count). The van der Waals surface area contributed by atoms with Gasteiger partial charge >= 0.3 is 6.01 Å². The molecule has 0 saturated carbocycles. The number of rotatable bonds is 0. The van der Waals surface area contributed by atoms with E-state index < -0.39 is 5.82 Å². The van der Waals surface area contributed by atoms with Crippen molar-refractivity contribution in [2.75, 3.05) is 24.2 Å². The maximum atomic E-state index is 13.9. The average molecular weight is 345 g/mol. The predicted molar refractivity (Wildman–Crippen MR) is 91.5 cm³/mol. The highest BCUT2D eigenvalue weighted by atomic mass is 19.1. The summed E-state index contributed by atoms with van der Waals surface area (Å²) in [6.45, 7) is 1.37. The number of nitrogens with zero attached hydrogens (tertiary/aromatic N) is 4. The second-order valence-electron chi connectivity index (χ2n) is 5.87. The molecule has 3 aromatic rings. The second-order valence-corrected chi connectivity index (χ2v) is 5.87. The zero-order valence-corrected chi connectivity index (χ0v) is 13.4. The number of hydrogen-bond donors (Lipinski definition) is 2. The Balaban J connectivity index is 1.85. The molecule has 0 aliphatic carbocycles.